The molecule has 0 aliphatic heterocycles. The molecule has 0 aromatic heterocycles. The number of unbranched alkanes of at least 4 members (excludes halogenated alkanes) is 2. The Kier molecular flexibility index (Phi) is 32.2. The van der Waals surface area contributed by atoms with Gasteiger partial charge >= 0.3 is 0 Å². The number of ether oxygens (including phenoxy) is 3. The zero-order valence-corrected chi connectivity index (χ0v) is 36.6. The Hall–Kier alpha value is -1.81. The number of hydrogen-bond donors (Lipinski definition) is 2. The van der Waals surface area contributed by atoms with Crippen molar-refractivity contribution in [3.8, 4) is 0 Å². The highest BCUT2D eigenvalue weighted by molar-refractivity contribution is 7.56. The Labute approximate surface area is 315 Å². The van der Waals surface area contributed by atoms with Crippen molar-refractivity contribution in [1.29, 1.82) is 0 Å². The standard InChI is InChI=1S/C26H51N3O4.C11H24NO3P.C2H6/c1-9-13-15-22(30)27-17-24(32)29(12-4)19-26(7,8)21-33-20-25(5,6)18-28(11-3)23(31)16-14-10-2;1-10(13)12-8-16(5)9-15-7-11(2,3)6-14-4;1-2/h9-21H2,1-8H3,(H,27,30);6-9H2,1-5H3,(H,12,13);1-2H3. The molecular formula is C39H81N4O7P. The van der Waals surface area contributed by atoms with Gasteiger partial charge in [0.2, 0.25) is 23.6 Å². The van der Waals surface area contributed by atoms with E-state index in [0.717, 1.165) is 38.3 Å². The number of carbonyl (C=O) groups excluding carboxylic acids is 4. The van der Waals surface area contributed by atoms with Crippen LogP contribution in [0, 0.1) is 16.2 Å². The molecule has 0 spiro atoms. The molecule has 0 aliphatic carbocycles. The van der Waals surface area contributed by atoms with Crippen molar-refractivity contribution in [1.82, 2.24) is 20.4 Å². The predicted molar refractivity (Wildman–Crippen MR) is 214 cm³/mol. The summed E-state index contributed by atoms with van der Waals surface area (Å²) in [6.45, 7) is 33.4. The van der Waals surface area contributed by atoms with Crippen molar-refractivity contribution in [3.05, 3.63) is 0 Å². The van der Waals surface area contributed by atoms with Gasteiger partial charge in [-0.15, -0.1) is 0 Å². The first-order valence-corrected chi connectivity index (χ1v) is 21.3. The maximum Gasteiger partial charge on any atom is 0.241 e. The highest BCUT2D eigenvalue weighted by atomic mass is 31.1. The Morgan fingerprint density at radius 3 is 1.59 bits per heavy atom. The predicted octanol–water partition coefficient (Wildman–Crippen LogP) is 7.11. The lowest BCUT2D eigenvalue weighted by Crippen LogP contribution is -2.45. The lowest BCUT2D eigenvalue weighted by atomic mass is 9.92. The van der Waals surface area contributed by atoms with Crippen LogP contribution in [0.5, 0.6) is 0 Å². The Bertz CT molecular complexity index is 931. The minimum Gasteiger partial charge on any atom is -0.384 e. The molecular weight excluding hydrogens is 667 g/mol. The lowest BCUT2D eigenvalue weighted by molar-refractivity contribution is -0.134. The average Bonchev–Trinajstić information content (AvgIpc) is 3.06. The minimum absolute atomic E-state index is 0.0223. The largest absolute Gasteiger partial charge is 0.384 e. The summed E-state index contributed by atoms with van der Waals surface area (Å²) in [6, 6.07) is 0. The molecule has 0 radical (unpaired) electrons. The minimum atomic E-state index is -0.270. The highest BCUT2D eigenvalue weighted by Gasteiger charge is 2.28. The van der Waals surface area contributed by atoms with Crippen LogP contribution in [-0.2, 0) is 33.4 Å². The van der Waals surface area contributed by atoms with Crippen molar-refractivity contribution in [2.75, 3.05) is 85.6 Å². The summed E-state index contributed by atoms with van der Waals surface area (Å²) in [4.78, 5) is 51.2. The van der Waals surface area contributed by atoms with E-state index in [1.165, 1.54) is 6.92 Å². The summed E-state index contributed by atoms with van der Waals surface area (Å²) in [6.07, 6.45) is 6.26. The molecule has 0 bridgehead atoms. The van der Waals surface area contributed by atoms with Crippen LogP contribution >= 0.6 is 7.92 Å². The molecule has 1 unspecified atom stereocenters. The summed E-state index contributed by atoms with van der Waals surface area (Å²) >= 11 is 0. The van der Waals surface area contributed by atoms with E-state index in [1.54, 1.807) is 12.0 Å². The Morgan fingerprint density at radius 2 is 1.14 bits per heavy atom. The quantitative estimate of drug-likeness (QED) is 0.0904. The second kappa shape index (κ2) is 30.6. The van der Waals surface area contributed by atoms with Crippen LogP contribution in [0.25, 0.3) is 0 Å². The van der Waals surface area contributed by atoms with Gasteiger partial charge in [0.05, 0.1) is 39.3 Å². The Balaban J connectivity index is -0.00000107. The van der Waals surface area contributed by atoms with Gasteiger partial charge in [-0.25, -0.2) is 0 Å². The van der Waals surface area contributed by atoms with Gasteiger partial charge in [-0.3, -0.25) is 19.2 Å². The van der Waals surface area contributed by atoms with E-state index in [2.05, 4.69) is 65.8 Å². The third-order valence-electron chi connectivity index (χ3n) is 7.57. The number of rotatable bonds is 26. The molecule has 4 amide bonds. The lowest BCUT2D eigenvalue weighted by Gasteiger charge is -2.35. The van der Waals surface area contributed by atoms with Gasteiger partial charge < -0.3 is 34.6 Å². The van der Waals surface area contributed by atoms with E-state index in [9.17, 15) is 19.2 Å². The SMILES string of the molecule is CC.CCCCC(=O)NCC(=O)N(CC)CC(C)(C)COCC(C)(C)CN(CC)C(=O)CCCC.COCC(C)(C)COCP(C)CNC(C)=O. The molecule has 51 heavy (non-hydrogen) atoms. The topological polar surface area (TPSA) is 127 Å². The van der Waals surface area contributed by atoms with Crippen LogP contribution in [0.15, 0.2) is 0 Å². The average molecular weight is 749 g/mol. The zero-order valence-electron chi connectivity index (χ0n) is 35.7. The molecule has 0 fully saturated rings. The fraction of sp³-hybridized carbons (Fsp3) is 0.897. The number of hydrogen-bond acceptors (Lipinski definition) is 7. The molecule has 0 aromatic carbocycles. The maximum atomic E-state index is 12.6. The number of nitrogens with zero attached hydrogens (tertiary/aromatic N) is 2. The van der Waals surface area contributed by atoms with E-state index in [-0.39, 0.29) is 54.3 Å². The number of nitrogens with one attached hydrogen (secondary N) is 2. The molecule has 0 aliphatic rings. The summed E-state index contributed by atoms with van der Waals surface area (Å²) in [5, 5.41) is 5.54. The van der Waals surface area contributed by atoms with Gasteiger partial charge in [0.1, 0.15) is 0 Å². The van der Waals surface area contributed by atoms with Crippen LogP contribution in [0.1, 0.15) is 129 Å². The molecule has 11 nitrogen and oxygen atoms in total. The summed E-state index contributed by atoms with van der Waals surface area (Å²) < 4.78 is 16.8. The van der Waals surface area contributed by atoms with E-state index in [0.29, 0.717) is 65.4 Å². The van der Waals surface area contributed by atoms with Crippen molar-refractivity contribution < 1.29 is 33.4 Å². The van der Waals surface area contributed by atoms with E-state index >= 15 is 0 Å². The van der Waals surface area contributed by atoms with Crippen molar-refractivity contribution in [2.45, 2.75) is 129 Å². The molecule has 0 aromatic rings. The summed E-state index contributed by atoms with van der Waals surface area (Å²) in [5.41, 5.74) is -0.328. The Morgan fingerprint density at radius 1 is 0.667 bits per heavy atom. The van der Waals surface area contributed by atoms with Crippen molar-refractivity contribution in [2.24, 2.45) is 16.2 Å². The van der Waals surface area contributed by atoms with E-state index in [1.807, 2.05) is 39.5 Å². The van der Waals surface area contributed by atoms with Gasteiger partial charge in [-0.05, 0) is 33.4 Å². The first-order chi connectivity index (χ1) is 23.8. The molecule has 304 valence electrons. The van der Waals surface area contributed by atoms with Crippen LogP contribution < -0.4 is 10.6 Å². The van der Waals surface area contributed by atoms with Crippen LogP contribution in [0.4, 0.5) is 0 Å². The normalized spacial score (nSPS) is 12.1. The first-order valence-electron chi connectivity index (χ1n) is 19.2. The van der Waals surface area contributed by atoms with Gasteiger partial charge in [0, 0.05) is 75.6 Å². The fourth-order valence-corrected chi connectivity index (χ4v) is 5.87. The first kappa shape index (κ1) is 53.5. The third kappa shape index (κ3) is 31.4. The van der Waals surface area contributed by atoms with Gasteiger partial charge in [0.25, 0.3) is 0 Å². The molecule has 12 heteroatoms. The third-order valence-corrected chi connectivity index (χ3v) is 8.89. The number of amides is 4. The smallest absolute Gasteiger partial charge is 0.241 e. The molecule has 2 N–H and O–H groups in total. The molecule has 0 saturated heterocycles. The maximum absolute atomic E-state index is 12.6. The molecule has 0 rings (SSSR count). The second-order valence-electron chi connectivity index (χ2n) is 15.4. The fourth-order valence-electron chi connectivity index (χ4n) is 4.88. The second-order valence-corrected chi connectivity index (χ2v) is 17.7. The van der Waals surface area contributed by atoms with Gasteiger partial charge in [0.15, 0.2) is 0 Å². The molecule has 1 atom stereocenters. The number of carbonyl (C=O) groups is 4. The zero-order chi connectivity index (χ0) is 40.1. The van der Waals surface area contributed by atoms with Crippen LogP contribution in [0.2, 0.25) is 0 Å². The van der Waals surface area contributed by atoms with E-state index < -0.39 is 0 Å². The van der Waals surface area contributed by atoms with Gasteiger partial charge in [-0.1, -0.05) is 90.0 Å². The number of likely N-dealkylation sites (N-methyl/N-ethyl adjacent to an activating group) is 1. The summed E-state index contributed by atoms with van der Waals surface area (Å²) in [7, 11) is 1.43. The van der Waals surface area contributed by atoms with Crippen LogP contribution in [0.3, 0.4) is 0 Å². The van der Waals surface area contributed by atoms with E-state index in [4.69, 9.17) is 14.2 Å². The van der Waals surface area contributed by atoms with Crippen molar-refractivity contribution >= 4 is 31.6 Å². The monoisotopic (exact) mass is 749 g/mol. The van der Waals surface area contributed by atoms with Gasteiger partial charge in [-0.2, -0.15) is 0 Å². The number of methoxy groups -OCH3 is 1. The van der Waals surface area contributed by atoms with Crippen LogP contribution in [-0.4, -0.2) is 119 Å². The molecule has 0 heterocycles. The van der Waals surface area contributed by atoms with Crippen molar-refractivity contribution in [3.63, 3.8) is 0 Å². The summed E-state index contributed by atoms with van der Waals surface area (Å²) in [5.74, 6) is 0.0982. The highest BCUT2D eigenvalue weighted by Crippen LogP contribution is 2.29. The molecule has 0 saturated carbocycles.